The van der Waals surface area contributed by atoms with Crippen LogP contribution in [0.25, 0.3) is 33.5 Å². The maximum Gasteiger partial charge on any atom is 0.221 e. The van der Waals surface area contributed by atoms with E-state index in [-0.39, 0.29) is 20.3 Å². The molecule has 0 bridgehead atoms. The first-order chi connectivity index (χ1) is 14.5. The topological polar surface area (TPSA) is 74.3 Å². The first-order valence-corrected chi connectivity index (χ1v) is 11.7. The molecule has 0 unspecified atom stereocenters. The minimum absolute atomic E-state index is 0.147. The summed E-state index contributed by atoms with van der Waals surface area (Å²) >= 11 is 0. The van der Waals surface area contributed by atoms with E-state index in [4.69, 9.17) is 4.98 Å². The molecular formula is C21H19FN7P. The van der Waals surface area contributed by atoms with Crippen molar-refractivity contribution in [2.24, 2.45) is 7.05 Å². The first kappa shape index (κ1) is 18.8. The average Bonchev–Trinajstić information content (AvgIpc) is 3.30. The first-order valence-electron chi connectivity index (χ1n) is 9.44. The summed E-state index contributed by atoms with van der Waals surface area (Å²) in [5.74, 6) is -0.333. The molecule has 0 spiro atoms. The third kappa shape index (κ3) is 3.33. The Morgan fingerprint density at radius 2 is 1.90 bits per heavy atom. The fourth-order valence-electron chi connectivity index (χ4n) is 3.43. The van der Waals surface area contributed by atoms with Gasteiger partial charge in [-0.2, -0.15) is 5.10 Å². The molecule has 0 fully saturated rings. The second-order valence-corrected chi connectivity index (χ2v) is 9.70. The lowest BCUT2D eigenvalue weighted by Crippen LogP contribution is -2.05. The highest BCUT2D eigenvalue weighted by molar-refractivity contribution is 7.64. The summed E-state index contributed by atoms with van der Waals surface area (Å²) in [5, 5.41) is 14.7. The van der Waals surface area contributed by atoms with Gasteiger partial charge < -0.3 is 0 Å². The van der Waals surface area contributed by atoms with Gasteiger partial charge in [0, 0.05) is 35.8 Å². The Morgan fingerprint density at radius 1 is 1.10 bits per heavy atom. The number of hydrogen-bond donors (Lipinski definition) is 0. The van der Waals surface area contributed by atoms with Crippen molar-refractivity contribution >= 4 is 35.4 Å². The number of nitrogens with zero attached hydrogens (tertiary/aromatic N) is 7. The van der Waals surface area contributed by atoms with Crippen LogP contribution in [-0.2, 0) is 13.6 Å². The van der Waals surface area contributed by atoms with E-state index in [0.29, 0.717) is 22.4 Å². The lowest BCUT2D eigenvalue weighted by molar-refractivity contribution is 0.583. The van der Waals surface area contributed by atoms with Gasteiger partial charge in [-0.05, 0) is 24.7 Å². The Morgan fingerprint density at radius 3 is 2.67 bits per heavy atom. The third-order valence-electron chi connectivity index (χ3n) is 5.01. The van der Waals surface area contributed by atoms with Crippen LogP contribution in [0.5, 0.6) is 0 Å². The molecule has 5 rings (SSSR count). The summed E-state index contributed by atoms with van der Waals surface area (Å²) < 4.78 is 17.9. The highest BCUT2D eigenvalue weighted by atomic mass is 31.1. The van der Waals surface area contributed by atoms with E-state index in [1.807, 2.05) is 13.2 Å². The van der Waals surface area contributed by atoms with Gasteiger partial charge in [0.2, 0.25) is 5.65 Å². The maximum absolute atomic E-state index is 14.6. The standard InChI is InChI=1S/C21H19FN7P/c1-28-11-15-8-14(17(22)9-18(15)26-28)12-29-21-20(25-27-29)23-10-19(24-21)13-4-6-16(7-5-13)30(2)3/h4-11H,12H2,1-3H3. The molecule has 3 heterocycles. The van der Waals surface area contributed by atoms with Gasteiger partial charge in [-0.1, -0.05) is 37.4 Å². The predicted molar refractivity (Wildman–Crippen MR) is 117 cm³/mol. The van der Waals surface area contributed by atoms with Gasteiger partial charge >= 0.3 is 0 Å². The summed E-state index contributed by atoms with van der Waals surface area (Å²) in [5.41, 5.74) is 3.78. The van der Waals surface area contributed by atoms with E-state index in [2.05, 4.69) is 58.0 Å². The molecule has 150 valence electrons. The second-order valence-electron chi connectivity index (χ2n) is 7.40. The van der Waals surface area contributed by atoms with E-state index >= 15 is 0 Å². The fourth-order valence-corrected chi connectivity index (χ4v) is 4.18. The molecule has 0 amide bonds. The number of rotatable bonds is 4. The molecule has 0 N–H and O–H groups in total. The largest absolute Gasteiger partial charge is 0.275 e. The number of hydrogen-bond acceptors (Lipinski definition) is 5. The van der Waals surface area contributed by atoms with Gasteiger partial charge in [0.25, 0.3) is 0 Å². The van der Waals surface area contributed by atoms with Crippen molar-refractivity contribution in [3.63, 3.8) is 0 Å². The number of halogens is 1. The molecule has 30 heavy (non-hydrogen) atoms. The number of benzene rings is 2. The summed E-state index contributed by atoms with van der Waals surface area (Å²) in [7, 11) is 1.67. The van der Waals surface area contributed by atoms with Crippen LogP contribution in [0.3, 0.4) is 0 Å². The van der Waals surface area contributed by atoms with Crippen LogP contribution in [0.1, 0.15) is 5.56 Å². The number of fused-ring (bicyclic) bond motifs is 2. The number of aromatic nitrogens is 7. The summed E-state index contributed by atoms with van der Waals surface area (Å²) in [6.45, 7) is 4.66. The minimum Gasteiger partial charge on any atom is -0.275 e. The van der Waals surface area contributed by atoms with E-state index in [0.717, 1.165) is 16.6 Å². The average molecular weight is 419 g/mol. The molecule has 7 nitrogen and oxygen atoms in total. The van der Waals surface area contributed by atoms with Crippen LogP contribution < -0.4 is 5.30 Å². The van der Waals surface area contributed by atoms with Crippen molar-refractivity contribution < 1.29 is 4.39 Å². The molecule has 0 atom stereocenters. The van der Waals surface area contributed by atoms with Crippen molar-refractivity contribution in [3.05, 3.63) is 60.2 Å². The second kappa shape index (κ2) is 7.22. The van der Waals surface area contributed by atoms with Crippen LogP contribution in [0.15, 0.2) is 48.8 Å². The van der Waals surface area contributed by atoms with Crippen molar-refractivity contribution in [1.82, 2.24) is 34.7 Å². The summed E-state index contributed by atoms with van der Waals surface area (Å²) in [6.07, 6.45) is 3.55. The van der Waals surface area contributed by atoms with E-state index in [1.165, 1.54) is 11.4 Å². The van der Waals surface area contributed by atoms with Crippen molar-refractivity contribution in [3.8, 4) is 11.3 Å². The van der Waals surface area contributed by atoms with Crippen LogP contribution >= 0.6 is 7.92 Å². The van der Waals surface area contributed by atoms with Crippen LogP contribution in [0.2, 0.25) is 0 Å². The van der Waals surface area contributed by atoms with Crippen LogP contribution in [-0.4, -0.2) is 48.1 Å². The molecule has 0 saturated heterocycles. The summed E-state index contributed by atoms with van der Waals surface area (Å²) in [4.78, 5) is 9.11. The predicted octanol–water partition coefficient (Wildman–Crippen LogP) is 3.33. The lowest BCUT2D eigenvalue weighted by atomic mass is 10.1. The van der Waals surface area contributed by atoms with Gasteiger partial charge in [-0.15, -0.1) is 5.10 Å². The van der Waals surface area contributed by atoms with Gasteiger partial charge in [-0.3, -0.25) is 4.68 Å². The zero-order valence-corrected chi connectivity index (χ0v) is 17.7. The van der Waals surface area contributed by atoms with Gasteiger partial charge in [0.15, 0.2) is 5.65 Å². The Kier molecular flexibility index (Phi) is 4.51. The molecule has 2 aromatic carbocycles. The molecule has 0 aliphatic carbocycles. The molecule has 9 heteroatoms. The number of aryl methyl sites for hydroxylation is 1. The molecule has 0 radical (unpaired) electrons. The Labute approximate surface area is 173 Å². The monoisotopic (exact) mass is 419 g/mol. The van der Waals surface area contributed by atoms with E-state index < -0.39 is 0 Å². The SMILES string of the molecule is Cn1cc2cc(Cn3nnc4ncc(-c5ccc(P(C)C)cc5)nc43)c(F)cc2n1. The Balaban J connectivity index is 1.52. The highest BCUT2D eigenvalue weighted by Gasteiger charge is 2.14. The molecule has 0 aliphatic heterocycles. The molecular weight excluding hydrogens is 400 g/mol. The zero-order chi connectivity index (χ0) is 20.8. The van der Waals surface area contributed by atoms with E-state index in [9.17, 15) is 4.39 Å². The van der Waals surface area contributed by atoms with Crippen LogP contribution in [0.4, 0.5) is 4.39 Å². The van der Waals surface area contributed by atoms with Gasteiger partial charge in [-0.25, -0.2) is 19.0 Å². The Hall–Kier alpha value is -3.25. The molecule has 3 aromatic heterocycles. The normalized spacial score (nSPS) is 11.8. The summed E-state index contributed by atoms with van der Waals surface area (Å²) in [6, 6.07) is 11.6. The van der Waals surface area contributed by atoms with Crippen molar-refractivity contribution in [1.29, 1.82) is 0 Å². The van der Waals surface area contributed by atoms with Crippen LogP contribution in [0, 0.1) is 5.82 Å². The van der Waals surface area contributed by atoms with E-state index in [1.54, 1.807) is 21.6 Å². The minimum atomic E-state index is -0.333. The zero-order valence-electron chi connectivity index (χ0n) is 16.8. The molecule has 0 aliphatic rings. The van der Waals surface area contributed by atoms with Gasteiger partial charge in [0.1, 0.15) is 5.82 Å². The quantitative estimate of drug-likeness (QED) is 0.418. The van der Waals surface area contributed by atoms with Crippen molar-refractivity contribution in [2.75, 3.05) is 13.3 Å². The molecule has 5 aromatic rings. The van der Waals surface area contributed by atoms with Gasteiger partial charge in [0.05, 0.1) is 24.0 Å². The molecule has 0 saturated carbocycles. The highest BCUT2D eigenvalue weighted by Crippen LogP contribution is 2.26. The maximum atomic E-state index is 14.6. The lowest BCUT2D eigenvalue weighted by Gasteiger charge is -2.07. The third-order valence-corrected chi connectivity index (χ3v) is 6.34. The van der Waals surface area contributed by atoms with Crippen molar-refractivity contribution in [2.45, 2.75) is 6.54 Å². The fraction of sp³-hybridized carbons (Fsp3) is 0.190. The Bertz CT molecular complexity index is 1370. The smallest absolute Gasteiger partial charge is 0.221 e.